The predicted molar refractivity (Wildman–Crippen MR) is 103 cm³/mol. The Hall–Kier alpha value is -2.80. The zero-order chi connectivity index (χ0) is 19.6. The van der Waals surface area contributed by atoms with Crippen molar-refractivity contribution >= 4 is 17.5 Å². The molecule has 0 unspecified atom stereocenters. The molecule has 0 radical (unpaired) electrons. The first-order valence-electron chi connectivity index (χ1n) is 8.50. The molecule has 0 N–H and O–H groups in total. The van der Waals surface area contributed by atoms with Gasteiger partial charge in [-0.1, -0.05) is 11.6 Å². The summed E-state index contributed by atoms with van der Waals surface area (Å²) in [5, 5.41) is 9.21. The van der Waals surface area contributed by atoms with Crippen molar-refractivity contribution in [1.29, 1.82) is 0 Å². The zero-order valence-electron chi connectivity index (χ0n) is 15.8. The molecule has 0 aliphatic carbocycles. The number of ether oxygens (including phenoxy) is 1. The van der Waals surface area contributed by atoms with Gasteiger partial charge < -0.3 is 9.64 Å². The largest absolute Gasteiger partial charge is 0.471 e. The van der Waals surface area contributed by atoms with Crippen molar-refractivity contribution in [1.82, 2.24) is 24.5 Å². The van der Waals surface area contributed by atoms with E-state index < -0.39 is 0 Å². The van der Waals surface area contributed by atoms with Gasteiger partial charge in [0.05, 0.1) is 6.20 Å². The number of carbonyl (C=O) groups excluding carboxylic acids is 1. The third-order valence-electron chi connectivity index (χ3n) is 4.44. The monoisotopic (exact) mass is 387 g/mol. The Bertz CT molecular complexity index is 963. The Morgan fingerprint density at radius 1 is 1.30 bits per heavy atom. The van der Waals surface area contributed by atoms with Gasteiger partial charge in [-0.3, -0.25) is 9.48 Å². The van der Waals surface area contributed by atoms with Crippen molar-refractivity contribution in [2.24, 2.45) is 7.05 Å². The van der Waals surface area contributed by atoms with Crippen molar-refractivity contribution < 1.29 is 9.53 Å². The summed E-state index contributed by atoms with van der Waals surface area (Å²) in [5.74, 6) is 0.545. The fourth-order valence-electron chi connectivity index (χ4n) is 2.62. The summed E-state index contributed by atoms with van der Waals surface area (Å²) in [6, 6.07) is 7.14. The number of aryl methyl sites for hydroxylation is 2. The molecule has 0 fully saturated rings. The molecule has 0 aliphatic heterocycles. The van der Waals surface area contributed by atoms with Gasteiger partial charge in [-0.05, 0) is 43.7 Å². The summed E-state index contributed by atoms with van der Waals surface area (Å²) in [4.78, 5) is 14.2. The van der Waals surface area contributed by atoms with Crippen LogP contribution in [0.4, 0.5) is 0 Å². The van der Waals surface area contributed by atoms with Gasteiger partial charge in [-0.25, -0.2) is 4.68 Å². The van der Waals surface area contributed by atoms with Crippen molar-refractivity contribution in [3.8, 4) is 5.75 Å². The lowest BCUT2D eigenvalue weighted by Gasteiger charge is -2.15. The standard InChI is InChI=1S/C19H22ClN5O2/c1-13-9-16(5-6-17(13)20)27-12-25-8-7-18(22-25)19(26)23(3)11-15-10-21-24(4)14(15)2/h5-10H,11-12H2,1-4H3. The molecule has 0 bridgehead atoms. The normalized spacial score (nSPS) is 10.9. The lowest BCUT2D eigenvalue weighted by Crippen LogP contribution is -2.27. The van der Waals surface area contributed by atoms with Crippen molar-refractivity contribution in [3.63, 3.8) is 0 Å². The number of hydrogen-bond acceptors (Lipinski definition) is 4. The maximum Gasteiger partial charge on any atom is 0.274 e. The lowest BCUT2D eigenvalue weighted by molar-refractivity contribution is 0.0777. The molecule has 0 spiro atoms. The van der Waals surface area contributed by atoms with E-state index >= 15 is 0 Å². The SMILES string of the molecule is Cc1cc(OCn2ccc(C(=O)N(C)Cc3cnn(C)c3C)n2)ccc1Cl. The molecule has 2 aromatic heterocycles. The Morgan fingerprint density at radius 3 is 2.74 bits per heavy atom. The minimum absolute atomic E-state index is 0.153. The van der Waals surface area contributed by atoms with Crippen LogP contribution >= 0.6 is 11.6 Å². The quantitative estimate of drug-likeness (QED) is 0.651. The minimum Gasteiger partial charge on any atom is -0.471 e. The second-order valence-electron chi connectivity index (χ2n) is 6.46. The van der Waals surface area contributed by atoms with Gasteiger partial charge in [0.15, 0.2) is 12.4 Å². The van der Waals surface area contributed by atoms with Crippen molar-refractivity contribution in [2.75, 3.05) is 7.05 Å². The molecular weight excluding hydrogens is 366 g/mol. The summed E-state index contributed by atoms with van der Waals surface area (Å²) in [7, 11) is 3.63. The first-order valence-corrected chi connectivity index (χ1v) is 8.88. The molecular formula is C19H22ClN5O2. The van der Waals surface area contributed by atoms with Crippen LogP contribution in [0.1, 0.15) is 27.3 Å². The average Bonchev–Trinajstić information content (AvgIpc) is 3.24. The summed E-state index contributed by atoms with van der Waals surface area (Å²) >= 11 is 6.01. The molecule has 27 heavy (non-hydrogen) atoms. The fraction of sp³-hybridized carbons (Fsp3) is 0.316. The van der Waals surface area contributed by atoms with E-state index in [1.807, 2.05) is 27.0 Å². The molecule has 3 rings (SSSR count). The second-order valence-corrected chi connectivity index (χ2v) is 6.87. The van der Waals surface area contributed by atoms with Gasteiger partial charge in [0.25, 0.3) is 5.91 Å². The number of hydrogen-bond donors (Lipinski definition) is 0. The highest BCUT2D eigenvalue weighted by atomic mass is 35.5. The number of amides is 1. The van der Waals surface area contributed by atoms with E-state index in [0.717, 1.165) is 16.8 Å². The smallest absolute Gasteiger partial charge is 0.274 e. The van der Waals surface area contributed by atoms with Crippen LogP contribution < -0.4 is 4.74 Å². The first-order chi connectivity index (χ1) is 12.8. The van der Waals surface area contributed by atoms with Gasteiger partial charge in [-0.2, -0.15) is 10.2 Å². The topological polar surface area (TPSA) is 65.2 Å². The third kappa shape index (κ3) is 4.31. The number of rotatable bonds is 6. The van der Waals surface area contributed by atoms with E-state index in [1.165, 1.54) is 0 Å². The highest BCUT2D eigenvalue weighted by Gasteiger charge is 2.17. The molecule has 0 saturated carbocycles. The van der Waals surface area contributed by atoms with E-state index in [0.29, 0.717) is 23.0 Å². The van der Waals surface area contributed by atoms with E-state index in [4.69, 9.17) is 16.3 Å². The Morgan fingerprint density at radius 2 is 2.07 bits per heavy atom. The van der Waals surface area contributed by atoms with E-state index in [9.17, 15) is 4.79 Å². The zero-order valence-corrected chi connectivity index (χ0v) is 16.6. The first kappa shape index (κ1) is 19.0. The summed E-state index contributed by atoms with van der Waals surface area (Å²) in [6.07, 6.45) is 3.50. The third-order valence-corrected chi connectivity index (χ3v) is 4.87. The fourth-order valence-corrected chi connectivity index (χ4v) is 2.74. The summed E-state index contributed by atoms with van der Waals surface area (Å²) in [5.41, 5.74) is 3.36. The lowest BCUT2D eigenvalue weighted by atomic mass is 10.2. The number of carbonyl (C=O) groups is 1. The molecule has 7 nitrogen and oxygen atoms in total. The maximum atomic E-state index is 12.6. The van der Waals surface area contributed by atoms with Crippen LogP contribution in [0, 0.1) is 13.8 Å². The van der Waals surface area contributed by atoms with Gasteiger partial charge in [0, 0.05) is 43.1 Å². The van der Waals surface area contributed by atoms with Gasteiger partial charge in [0.1, 0.15) is 5.75 Å². The summed E-state index contributed by atoms with van der Waals surface area (Å²) in [6.45, 7) is 4.58. The van der Waals surface area contributed by atoms with Crippen LogP contribution in [0.15, 0.2) is 36.7 Å². The molecule has 2 heterocycles. The average molecular weight is 388 g/mol. The van der Waals surface area contributed by atoms with Crippen LogP contribution in [-0.4, -0.2) is 37.4 Å². The van der Waals surface area contributed by atoms with Gasteiger partial charge >= 0.3 is 0 Å². The van der Waals surface area contributed by atoms with Crippen LogP contribution in [0.2, 0.25) is 5.02 Å². The molecule has 0 atom stereocenters. The van der Waals surface area contributed by atoms with E-state index in [2.05, 4.69) is 10.2 Å². The van der Waals surface area contributed by atoms with Gasteiger partial charge in [0.2, 0.25) is 0 Å². The number of aromatic nitrogens is 4. The van der Waals surface area contributed by atoms with E-state index in [1.54, 1.807) is 51.9 Å². The van der Waals surface area contributed by atoms with Crippen LogP contribution in [0.3, 0.4) is 0 Å². The minimum atomic E-state index is -0.153. The number of halogens is 1. The number of benzene rings is 1. The molecule has 3 aromatic rings. The molecule has 1 amide bonds. The van der Waals surface area contributed by atoms with Crippen LogP contribution in [0.25, 0.3) is 0 Å². The number of nitrogens with zero attached hydrogens (tertiary/aromatic N) is 5. The van der Waals surface area contributed by atoms with Crippen molar-refractivity contribution in [2.45, 2.75) is 27.1 Å². The highest BCUT2D eigenvalue weighted by Crippen LogP contribution is 2.21. The van der Waals surface area contributed by atoms with Crippen molar-refractivity contribution in [3.05, 3.63) is 64.2 Å². The Labute approximate surface area is 163 Å². The van der Waals surface area contributed by atoms with Crippen LogP contribution in [0.5, 0.6) is 5.75 Å². The van der Waals surface area contributed by atoms with E-state index in [-0.39, 0.29) is 12.6 Å². The maximum absolute atomic E-state index is 12.6. The molecule has 1 aromatic carbocycles. The molecule has 142 valence electrons. The second kappa shape index (κ2) is 7.84. The van der Waals surface area contributed by atoms with Gasteiger partial charge in [-0.15, -0.1) is 0 Å². The molecule has 8 heteroatoms. The highest BCUT2D eigenvalue weighted by molar-refractivity contribution is 6.31. The molecule has 0 saturated heterocycles. The molecule has 0 aliphatic rings. The Kier molecular flexibility index (Phi) is 5.51. The summed E-state index contributed by atoms with van der Waals surface area (Å²) < 4.78 is 9.08. The Balaban J connectivity index is 1.61. The van der Waals surface area contributed by atoms with Crippen LogP contribution in [-0.2, 0) is 20.3 Å². The predicted octanol–water partition coefficient (Wildman–Crippen LogP) is 3.20.